The van der Waals surface area contributed by atoms with Gasteiger partial charge in [-0.05, 0) is 26.2 Å². The van der Waals surface area contributed by atoms with E-state index in [4.69, 9.17) is 15.7 Å². The Morgan fingerprint density at radius 1 is 1.65 bits per heavy atom. The van der Waals surface area contributed by atoms with E-state index in [1.54, 1.807) is 7.11 Å². The Bertz CT molecular complexity index is 300. The van der Waals surface area contributed by atoms with Crippen molar-refractivity contribution in [3.05, 3.63) is 0 Å². The quantitative estimate of drug-likeness (QED) is 0.273. The van der Waals surface area contributed by atoms with Crippen LogP contribution in [0.15, 0.2) is 5.16 Å². The van der Waals surface area contributed by atoms with E-state index in [0.29, 0.717) is 19.4 Å². The number of amidine groups is 1. The predicted molar refractivity (Wildman–Crippen MR) is 63.8 cm³/mol. The van der Waals surface area contributed by atoms with Crippen molar-refractivity contribution in [2.24, 2.45) is 16.3 Å². The first kappa shape index (κ1) is 13.8. The molecule has 0 aromatic heterocycles. The molecule has 0 aromatic rings. The number of nitrogens with two attached hydrogens (primary N) is 1. The largest absolute Gasteiger partial charge is 0.409 e. The molecule has 0 saturated heterocycles. The minimum atomic E-state index is -0.796. The number of carbonyl (C=O) groups excluding carboxylic acids is 1. The molecule has 0 heterocycles. The Morgan fingerprint density at radius 2 is 2.29 bits per heavy atom. The van der Waals surface area contributed by atoms with Gasteiger partial charge in [-0.2, -0.15) is 0 Å². The van der Waals surface area contributed by atoms with Crippen LogP contribution in [-0.2, 0) is 9.53 Å². The van der Waals surface area contributed by atoms with Gasteiger partial charge in [-0.25, -0.2) is 0 Å². The van der Waals surface area contributed by atoms with Crippen LogP contribution in [0.2, 0.25) is 0 Å². The molecule has 0 radical (unpaired) electrons. The minimum Gasteiger partial charge on any atom is -0.409 e. The number of hydrogen-bond acceptors (Lipinski definition) is 4. The van der Waals surface area contributed by atoms with Gasteiger partial charge in [-0.3, -0.25) is 4.79 Å². The monoisotopic (exact) mass is 243 g/mol. The number of rotatable bonds is 6. The van der Waals surface area contributed by atoms with Crippen molar-refractivity contribution < 1.29 is 14.7 Å². The van der Waals surface area contributed by atoms with Crippen LogP contribution in [0.4, 0.5) is 0 Å². The second-order valence-electron chi connectivity index (χ2n) is 4.58. The second-order valence-corrected chi connectivity index (χ2v) is 4.58. The van der Waals surface area contributed by atoms with Crippen molar-refractivity contribution in [1.29, 1.82) is 0 Å². The second kappa shape index (κ2) is 5.86. The van der Waals surface area contributed by atoms with Crippen LogP contribution in [0.25, 0.3) is 0 Å². The Labute approximate surface area is 101 Å². The van der Waals surface area contributed by atoms with E-state index in [1.165, 1.54) is 0 Å². The van der Waals surface area contributed by atoms with Crippen LogP contribution in [0, 0.1) is 5.41 Å². The van der Waals surface area contributed by atoms with Crippen LogP contribution < -0.4 is 11.1 Å². The molecule has 1 saturated carbocycles. The van der Waals surface area contributed by atoms with E-state index >= 15 is 0 Å². The maximum atomic E-state index is 12.1. The van der Waals surface area contributed by atoms with Crippen LogP contribution >= 0.6 is 0 Å². The fraction of sp³-hybridized carbons (Fsp3) is 0.818. The number of carbonyl (C=O) groups is 1. The van der Waals surface area contributed by atoms with Crippen molar-refractivity contribution in [1.82, 2.24) is 5.32 Å². The van der Waals surface area contributed by atoms with Gasteiger partial charge < -0.3 is 21.0 Å². The third-order valence-electron chi connectivity index (χ3n) is 3.37. The van der Waals surface area contributed by atoms with Gasteiger partial charge in [0, 0.05) is 19.8 Å². The molecule has 17 heavy (non-hydrogen) atoms. The first-order valence-electron chi connectivity index (χ1n) is 5.84. The third kappa shape index (κ3) is 2.88. The maximum Gasteiger partial charge on any atom is 0.234 e. The van der Waals surface area contributed by atoms with Gasteiger partial charge in [0.25, 0.3) is 0 Å². The third-order valence-corrected chi connectivity index (χ3v) is 3.37. The summed E-state index contributed by atoms with van der Waals surface area (Å²) in [5, 5.41) is 14.6. The zero-order chi connectivity index (χ0) is 12.9. The lowest BCUT2D eigenvalue weighted by Crippen LogP contribution is -2.55. The van der Waals surface area contributed by atoms with Crippen LogP contribution in [0.3, 0.4) is 0 Å². The predicted octanol–water partition coefficient (Wildman–Crippen LogP) is 0.444. The molecule has 1 rings (SSSR count). The molecule has 0 aromatic carbocycles. The number of nitrogens with one attached hydrogen (secondary N) is 1. The summed E-state index contributed by atoms with van der Waals surface area (Å²) < 4.78 is 4.95. The van der Waals surface area contributed by atoms with Gasteiger partial charge >= 0.3 is 0 Å². The Kier molecular flexibility index (Phi) is 4.74. The molecule has 6 nitrogen and oxygen atoms in total. The molecule has 1 aliphatic carbocycles. The molecule has 0 spiro atoms. The number of amides is 1. The molecule has 6 heteroatoms. The maximum absolute atomic E-state index is 12.1. The van der Waals surface area contributed by atoms with Crippen molar-refractivity contribution in [3.8, 4) is 0 Å². The number of methoxy groups -OCH3 is 1. The fourth-order valence-electron chi connectivity index (χ4n) is 1.95. The average Bonchev–Trinajstić information content (AvgIpc) is 2.24. The van der Waals surface area contributed by atoms with E-state index in [0.717, 1.165) is 12.8 Å². The fourth-order valence-corrected chi connectivity index (χ4v) is 1.95. The SMILES string of the molecule is COCCC(C)NC(=O)C1(C(N)=NO)CCC1. The summed E-state index contributed by atoms with van der Waals surface area (Å²) >= 11 is 0. The highest BCUT2D eigenvalue weighted by atomic mass is 16.5. The zero-order valence-corrected chi connectivity index (χ0v) is 10.4. The highest BCUT2D eigenvalue weighted by molar-refractivity contribution is 6.07. The Hall–Kier alpha value is -1.30. The summed E-state index contributed by atoms with van der Waals surface area (Å²) in [6.07, 6.45) is 2.96. The van der Waals surface area contributed by atoms with E-state index < -0.39 is 5.41 Å². The standard InChI is InChI=1S/C11H21N3O3/c1-8(4-7-17-2)13-10(15)11(5-3-6-11)9(12)14-16/h8,16H,3-7H2,1-2H3,(H2,12,14)(H,13,15). The Morgan fingerprint density at radius 3 is 2.71 bits per heavy atom. The van der Waals surface area contributed by atoms with Crippen molar-refractivity contribution in [3.63, 3.8) is 0 Å². The molecule has 1 aliphatic rings. The van der Waals surface area contributed by atoms with Crippen LogP contribution in [-0.4, -0.2) is 36.7 Å². The van der Waals surface area contributed by atoms with Gasteiger partial charge in [0.1, 0.15) is 5.41 Å². The van der Waals surface area contributed by atoms with E-state index in [-0.39, 0.29) is 17.8 Å². The molecular weight excluding hydrogens is 222 g/mol. The van der Waals surface area contributed by atoms with Crippen molar-refractivity contribution >= 4 is 11.7 Å². The summed E-state index contributed by atoms with van der Waals surface area (Å²) in [4.78, 5) is 12.1. The Balaban J connectivity index is 2.56. The molecule has 0 aliphatic heterocycles. The molecule has 98 valence electrons. The van der Waals surface area contributed by atoms with Crippen molar-refractivity contribution in [2.75, 3.05) is 13.7 Å². The minimum absolute atomic E-state index is 0.0141. The zero-order valence-electron chi connectivity index (χ0n) is 10.4. The molecule has 1 fully saturated rings. The summed E-state index contributed by atoms with van der Waals surface area (Å²) in [7, 11) is 1.62. The number of ether oxygens (including phenoxy) is 1. The number of oxime groups is 1. The topological polar surface area (TPSA) is 96.9 Å². The lowest BCUT2D eigenvalue weighted by atomic mass is 9.67. The van der Waals surface area contributed by atoms with E-state index in [9.17, 15) is 4.79 Å². The van der Waals surface area contributed by atoms with Crippen LogP contribution in [0.5, 0.6) is 0 Å². The summed E-state index contributed by atoms with van der Waals surface area (Å²) in [6.45, 7) is 2.51. The van der Waals surface area contributed by atoms with Gasteiger partial charge in [-0.15, -0.1) is 0 Å². The highest BCUT2D eigenvalue weighted by Gasteiger charge is 2.48. The summed E-state index contributed by atoms with van der Waals surface area (Å²) in [6, 6.07) is 0.0198. The summed E-state index contributed by atoms with van der Waals surface area (Å²) in [5.41, 5.74) is 4.81. The number of hydrogen-bond donors (Lipinski definition) is 3. The molecule has 1 amide bonds. The summed E-state index contributed by atoms with van der Waals surface area (Å²) in [5.74, 6) is -0.136. The van der Waals surface area contributed by atoms with E-state index in [2.05, 4.69) is 10.5 Å². The van der Waals surface area contributed by atoms with Gasteiger partial charge in [-0.1, -0.05) is 11.6 Å². The van der Waals surface area contributed by atoms with Gasteiger partial charge in [0.15, 0.2) is 5.84 Å². The first-order valence-corrected chi connectivity index (χ1v) is 5.84. The smallest absolute Gasteiger partial charge is 0.234 e. The first-order chi connectivity index (χ1) is 8.06. The highest BCUT2D eigenvalue weighted by Crippen LogP contribution is 2.41. The van der Waals surface area contributed by atoms with Gasteiger partial charge in [0.2, 0.25) is 5.91 Å². The molecule has 1 atom stereocenters. The van der Waals surface area contributed by atoms with Crippen molar-refractivity contribution in [2.45, 2.75) is 38.6 Å². The molecular formula is C11H21N3O3. The van der Waals surface area contributed by atoms with Crippen LogP contribution in [0.1, 0.15) is 32.6 Å². The molecule has 0 bridgehead atoms. The lowest BCUT2D eigenvalue weighted by Gasteiger charge is -2.39. The average molecular weight is 243 g/mol. The number of nitrogens with zero attached hydrogens (tertiary/aromatic N) is 1. The van der Waals surface area contributed by atoms with Gasteiger partial charge in [0.05, 0.1) is 0 Å². The normalized spacial score (nSPS) is 20.5. The molecule has 1 unspecified atom stereocenters. The van der Waals surface area contributed by atoms with E-state index in [1.807, 2.05) is 6.92 Å². The molecule has 4 N–H and O–H groups in total. The lowest BCUT2D eigenvalue weighted by molar-refractivity contribution is -0.131.